The average molecular weight is 412 g/mol. The van der Waals surface area contributed by atoms with Gasteiger partial charge in [0.15, 0.2) is 5.76 Å². The number of benzene rings is 1. The zero-order valence-electron chi connectivity index (χ0n) is 16.4. The molecule has 1 aliphatic heterocycles. The first-order chi connectivity index (χ1) is 14.0. The minimum absolute atomic E-state index is 0.265. The molecule has 2 aromatic heterocycles. The summed E-state index contributed by atoms with van der Waals surface area (Å²) in [6.07, 6.45) is 1.18. The van der Waals surface area contributed by atoms with Crippen LogP contribution in [0.3, 0.4) is 0 Å². The molecule has 1 aromatic carbocycles. The maximum Gasteiger partial charge on any atom is 0.266 e. The summed E-state index contributed by atoms with van der Waals surface area (Å²) in [5.74, 6) is 3.72. The molecule has 7 heteroatoms. The Morgan fingerprint density at radius 2 is 1.86 bits per heavy atom. The zero-order valence-corrected chi connectivity index (χ0v) is 17.1. The molecule has 0 spiro atoms. The third-order valence-electron chi connectivity index (χ3n) is 4.94. The van der Waals surface area contributed by atoms with Crippen LogP contribution in [0.15, 0.2) is 45.2 Å². The van der Waals surface area contributed by atoms with Crippen molar-refractivity contribution in [1.82, 2.24) is 4.98 Å². The lowest BCUT2D eigenvalue weighted by atomic mass is 9.92. The number of hydrogen-bond donors (Lipinski definition) is 0. The van der Waals surface area contributed by atoms with Crippen molar-refractivity contribution in [3.8, 4) is 23.5 Å². The van der Waals surface area contributed by atoms with Crippen molar-refractivity contribution in [3.63, 3.8) is 0 Å². The van der Waals surface area contributed by atoms with E-state index in [9.17, 15) is 5.26 Å². The number of oxazole rings is 1. The van der Waals surface area contributed by atoms with Gasteiger partial charge in [-0.25, -0.2) is 0 Å². The van der Waals surface area contributed by atoms with Gasteiger partial charge in [-0.3, -0.25) is 0 Å². The van der Waals surface area contributed by atoms with Gasteiger partial charge in [-0.1, -0.05) is 25.4 Å². The maximum absolute atomic E-state index is 9.52. The molecule has 0 bridgehead atoms. The van der Waals surface area contributed by atoms with Crippen molar-refractivity contribution >= 4 is 17.5 Å². The van der Waals surface area contributed by atoms with Gasteiger partial charge in [0.1, 0.15) is 24.2 Å². The summed E-state index contributed by atoms with van der Waals surface area (Å²) in [6.45, 7) is 6.40. The van der Waals surface area contributed by atoms with Gasteiger partial charge < -0.3 is 18.5 Å². The molecule has 1 aliphatic rings. The Bertz CT molecular complexity index is 1010. The number of furan rings is 1. The van der Waals surface area contributed by atoms with Crippen LogP contribution in [0.4, 0.5) is 5.88 Å². The number of nitriles is 1. The van der Waals surface area contributed by atoms with Crippen molar-refractivity contribution in [2.75, 3.05) is 18.0 Å². The van der Waals surface area contributed by atoms with Gasteiger partial charge in [-0.2, -0.15) is 10.2 Å². The van der Waals surface area contributed by atoms with Gasteiger partial charge in [0.2, 0.25) is 11.6 Å². The van der Waals surface area contributed by atoms with Crippen LogP contribution in [0.1, 0.15) is 31.7 Å². The zero-order chi connectivity index (χ0) is 20.4. The number of anilines is 1. The number of halogens is 1. The molecule has 3 aromatic rings. The number of ether oxygens (including phenoxy) is 1. The van der Waals surface area contributed by atoms with Crippen LogP contribution >= 0.6 is 11.6 Å². The van der Waals surface area contributed by atoms with Gasteiger partial charge in [-0.05, 0) is 54.7 Å². The first-order valence-corrected chi connectivity index (χ1v) is 10.0. The van der Waals surface area contributed by atoms with E-state index < -0.39 is 0 Å². The fraction of sp³-hybridized carbons (Fsp3) is 0.364. The molecule has 0 radical (unpaired) electrons. The second-order valence-corrected chi connectivity index (χ2v) is 8.08. The Kier molecular flexibility index (Phi) is 5.50. The van der Waals surface area contributed by atoms with Gasteiger partial charge >= 0.3 is 0 Å². The van der Waals surface area contributed by atoms with E-state index in [-0.39, 0.29) is 12.3 Å². The summed E-state index contributed by atoms with van der Waals surface area (Å²) in [4.78, 5) is 6.46. The molecule has 2 atom stereocenters. The maximum atomic E-state index is 9.52. The molecule has 1 fully saturated rings. The Labute approximate surface area is 174 Å². The van der Waals surface area contributed by atoms with E-state index >= 15 is 0 Å². The first kappa shape index (κ1) is 19.4. The van der Waals surface area contributed by atoms with Gasteiger partial charge in [-0.15, -0.1) is 0 Å². The van der Waals surface area contributed by atoms with Crippen LogP contribution in [0.5, 0.6) is 5.75 Å². The van der Waals surface area contributed by atoms with Gasteiger partial charge in [0.05, 0.1) is 0 Å². The first-order valence-electron chi connectivity index (χ1n) is 9.65. The molecule has 4 rings (SSSR count). The highest BCUT2D eigenvalue weighted by atomic mass is 35.5. The lowest BCUT2D eigenvalue weighted by Gasteiger charge is -2.34. The highest BCUT2D eigenvalue weighted by molar-refractivity contribution is 6.30. The highest BCUT2D eigenvalue weighted by Gasteiger charge is 2.28. The van der Waals surface area contributed by atoms with E-state index in [0.717, 1.165) is 13.1 Å². The summed E-state index contributed by atoms with van der Waals surface area (Å²) >= 11 is 5.88. The van der Waals surface area contributed by atoms with Crippen LogP contribution < -0.4 is 9.64 Å². The third-order valence-corrected chi connectivity index (χ3v) is 5.19. The van der Waals surface area contributed by atoms with E-state index in [1.54, 1.807) is 30.3 Å². The monoisotopic (exact) mass is 411 g/mol. The number of rotatable bonds is 5. The SMILES string of the molecule is C[C@H]1C[C@H](C)CN(c2oc(-c3ccc(COc4ccc(Cl)cc4)o3)nc2C#N)C1. The minimum Gasteiger partial charge on any atom is -0.486 e. The second kappa shape index (κ2) is 8.22. The molecule has 3 heterocycles. The summed E-state index contributed by atoms with van der Waals surface area (Å²) < 4.78 is 17.5. The summed E-state index contributed by atoms with van der Waals surface area (Å²) in [5.41, 5.74) is 0.289. The van der Waals surface area contributed by atoms with Crippen LogP contribution in [0.25, 0.3) is 11.7 Å². The van der Waals surface area contributed by atoms with Gasteiger partial charge in [0.25, 0.3) is 5.89 Å². The van der Waals surface area contributed by atoms with E-state index in [0.29, 0.717) is 45.9 Å². The quantitative estimate of drug-likeness (QED) is 0.550. The van der Waals surface area contributed by atoms with E-state index in [4.69, 9.17) is 25.2 Å². The Morgan fingerprint density at radius 3 is 2.55 bits per heavy atom. The van der Waals surface area contributed by atoms with Crippen molar-refractivity contribution in [1.29, 1.82) is 5.26 Å². The molecule has 6 nitrogen and oxygen atoms in total. The Morgan fingerprint density at radius 1 is 1.14 bits per heavy atom. The summed E-state index contributed by atoms with van der Waals surface area (Å²) in [6, 6.07) is 12.9. The molecule has 29 heavy (non-hydrogen) atoms. The molecule has 1 saturated heterocycles. The number of piperidine rings is 1. The Hall–Kier alpha value is -2.91. The fourth-order valence-corrected chi connectivity index (χ4v) is 3.92. The molecule has 150 valence electrons. The average Bonchev–Trinajstić information content (AvgIpc) is 3.33. The Balaban J connectivity index is 1.50. The molecular weight excluding hydrogens is 390 g/mol. The molecule has 0 aliphatic carbocycles. The lowest BCUT2D eigenvalue weighted by molar-refractivity contribution is 0.271. The highest BCUT2D eigenvalue weighted by Crippen LogP contribution is 2.33. The molecular formula is C22H22ClN3O3. The standard InChI is InChI=1S/C22H22ClN3O3/c1-14-9-15(2)12-26(11-14)22-19(10-24)25-21(29-22)20-8-7-18(28-20)13-27-17-5-3-16(23)4-6-17/h3-8,14-15H,9,11-13H2,1-2H3/t14-,15-/m0/s1. The van der Waals surface area contributed by atoms with E-state index in [2.05, 4.69) is 29.8 Å². The summed E-state index contributed by atoms with van der Waals surface area (Å²) in [5, 5.41) is 10.2. The van der Waals surface area contributed by atoms with Crippen LogP contribution in [0.2, 0.25) is 5.02 Å². The smallest absolute Gasteiger partial charge is 0.266 e. The lowest BCUT2D eigenvalue weighted by Crippen LogP contribution is -2.38. The molecule has 0 N–H and O–H groups in total. The molecule has 0 amide bonds. The van der Waals surface area contributed by atoms with Crippen molar-refractivity contribution in [3.05, 3.63) is 52.9 Å². The molecule has 0 saturated carbocycles. The summed E-state index contributed by atoms with van der Waals surface area (Å²) in [7, 11) is 0. The number of hydrogen-bond acceptors (Lipinski definition) is 6. The van der Waals surface area contributed by atoms with Crippen LogP contribution in [-0.4, -0.2) is 18.1 Å². The second-order valence-electron chi connectivity index (χ2n) is 7.64. The van der Waals surface area contributed by atoms with Crippen LogP contribution in [-0.2, 0) is 6.61 Å². The normalized spacial score (nSPS) is 19.2. The molecule has 0 unspecified atom stereocenters. The number of aromatic nitrogens is 1. The van der Waals surface area contributed by atoms with Crippen molar-refractivity contribution < 1.29 is 13.6 Å². The largest absolute Gasteiger partial charge is 0.486 e. The van der Waals surface area contributed by atoms with Crippen molar-refractivity contribution in [2.24, 2.45) is 11.8 Å². The number of nitrogens with zero attached hydrogens (tertiary/aromatic N) is 3. The van der Waals surface area contributed by atoms with E-state index in [1.165, 1.54) is 6.42 Å². The van der Waals surface area contributed by atoms with Crippen LogP contribution in [0, 0.1) is 23.2 Å². The predicted molar refractivity (Wildman–Crippen MR) is 110 cm³/mol. The van der Waals surface area contributed by atoms with Crippen molar-refractivity contribution in [2.45, 2.75) is 26.9 Å². The minimum atomic E-state index is 0.265. The third kappa shape index (κ3) is 4.41. The topological polar surface area (TPSA) is 75.4 Å². The fourth-order valence-electron chi connectivity index (χ4n) is 3.79. The van der Waals surface area contributed by atoms with E-state index in [1.807, 2.05) is 6.07 Å². The van der Waals surface area contributed by atoms with Gasteiger partial charge in [0, 0.05) is 18.1 Å². The predicted octanol–water partition coefficient (Wildman–Crippen LogP) is 5.52.